The predicted octanol–water partition coefficient (Wildman–Crippen LogP) is 0.676. The Kier molecular flexibility index (Phi) is 4.65. The number of nitrogens with zero attached hydrogens (tertiary/aromatic N) is 1. The zero-order valence-electron chi connectivity index (χ0n) is 11.5. The van der Waals surface area contributed by atoms with Crippen molar-refractivity contribution >= 4 is 12.0 Å². The molecular weight excluding hydrogens is 260 g/mol. The molecule has 2 fully saturated rings. The normalized spacial score (nSPS) is 31.1. The Hall–Kier alpha value is -1.56. The lowest BCUT2D eigenvalue weighted by molar-refractivity contribution is -0.144. The minimum Gasteiger partial charge on any atom is -0.481 e. The molecular formula is C14H22N2O4. The van der Waals surface area contributed by atoms with Gasteiger partial charge in [-0.2, -0.15) is 0 Å². The van der Waals surface area contributed by atoms with Crippen molar-refractivity contribution in [3.05, 3.63) is 12.7 Å². The molecule has 0 aromatic carbocycles. The molecule has 2 bridgehead atoms. The quantitative estimate of drug-likeness (QED) is 0.625. The van der Waals surface area contributed by atoms with E-state index in [9.17, 15) is 14.7 Å². The number of fused-ring (bicyclic) bond motifs is 2. The van der Waals surface area contributed by atoms with Crippen LogP contribution in [0, 0.1) is 17.8 Å². The van der Waals surface area contributed by atoms with Gasteiger partial charge in [0, 0.05) is 19.1 Å². The van der Waals surface area contributed by atoms with Crippen LogP contribution in [0.1, 0.15) is 19.3 Å². The van der Waals surface area contributed by atoms with Crippen LogP contribution in [0.15, 0.2) is 12.7 Å². The second-order valence-electron chi connectivity index (χ2n) is 5.63. The van der Waals surface area contributed by atoms with Gasteiger partial charge in [0.15, 0.2) is 0 Å². The Morgan fingerprint density at radius 3 is 2.65 bits per heavy atom. The molecule has 112 valence electrons. The van der Waals surface area contributed by atoms with E-state index in [4.69, 9.17) is 5.11 Å². The predicted molar refractivity (Wildman–Crippen MR) is 73.1 cm³/mol. The molecule has 4 unspecified atom stereocenters. The van der Waals surface area contributed by atoms with Crippen molar-refractivity contribution in [2.75, 3.05) is 19.7 Å². The summed E-state index contributed by atoms with van der Waals surface area (Å²) in [6.45, 7) is 4.01. The first-order valence-corrected chi connectivity index (χ1v) is 7.08. The van der Waals surface area contributed by atoms with E-state index in [0.29, 0.717) is 6.54 Å². The van der Waals surface area contributed by atoms with Gasteiger partial charge in [0.25, 0.3) is 0 Å². The number of hydrogen-bond donors (Lipinski definition) is 3. The number of carbonyl (C=O) groups excluding carboxylic acids is 1. The highest BCUT2D eigenvalue weighted by atomic mass is 16.4. The van der Waals surface area contributed by atoms with Gasteiger partial charge in [-0.3, -0.25) is 4.79 Å². The number of carbonyl (C=O) groups is 2. The molecule has 4 atom stereocenters. The fourth-order valence-electron chi connectivity index (χ4n) is 3.64. The van der Waals surface area contributed by atoms with E-state index in [1.807, 2.05) is 0 Å². The Labute approximate surface area is 118 Å². The lowest BCUT2D eigenvalue weighted by Crippen LogP contribution is -2.52. The number of aliphatic carboxylic acids is 1. The van der Waals surface area contributed by atoms with Crippen LogP contribution in [0.4, 0.5) is 4.79 Å². The average Bonchev–Trinajstić information content (AvgIpc) is 2.98. The highest BCUT2D eigenvalue weighted by Crippen LogP contribution is 2.48. The largest absolute Gasteiger partial charge is 0.481 e. The second-order valence-corrected chi connectivity index (χ2v) is 5.63. The van der Waals surface area contributed by atoms with Crippen LogP contribution in [0.25, 0.3) is 0 Å². The molecule has 2 saturated carbocycles. The summed E-state index contributed by atoms with van der Waals surface area (Å²) in [5, 5.41) is 21.2. The van der Waals surface area contributed by atoms with Gasteiger partial charge in [-0.1, -0.05) is 6.08 Å². The number of rotatable bonds is 6. The SMILES string of the molecule is C=CCN(CCO)C(=O)NC1C2CCC(C2)C1C(=O)O. The van der Waals surface area contributed by atoms with Crippen LogP contribution in [-0.2, 0) is 4.79 Å². The number of aliphatic hydroxyl groups excluding tert-OH is 1. The van der Waals surface area contributed by atoms with Crippen molar-refractivity contribution in [1.82, 2.24) is 10.2 Å². The molecule has 2 aliphatic rings. The van der Waals surface area contributed by atoms with E-state index < -0.39 is 11.9 Å². The molecule has 0 aromatic heterocycles. The van der Waals surface area contributed by atoms with Crippen LogP contribution < -0.4 is 5.32 Å². The van der Waals surface area contributed by atoms with E-state index >= 15 is 0 Å². The molecule has 0 aliphatic heterocycles. The second kappa shape index (κ2) is 6.26. The summed E-state index contributed by atoms with van der Waals surface area (Å²) >= 11 is 0. The fourth-order valence-corrected chi connectivity index (χ4v) is 3.64. The maximum Gasteiger partial charge on any atom is 0.318 e. The molecule has 6 nitrogen and oxygen atoms in total. The number of carboxylic acids is 1. The highest BCUT2D eigenvalue weighted by Gasteiger charge is 2.51. The number of hydrogen-bond acceptors (Lipinski definition) is 3. The molecule has 2 rings (SSSR count). The Morgan fingerprint density at radius 1 is 1.35 bits per heavy atom. The number of aliphatic hydroxyl groups is 1. The molecule has 3 N–H and O–H groups in total. The Morgan fingerprint density at radius 2 is 2.05 bits per heavy atom. The molecule has 6 heteroatoms. The van der Waals surface area contributed by atoms with Crippen molar-refractivity contribution in [1.29, 1.82) is 0 Å². The number of urea groups is 1. The third kappa shape index (κ3) is 2.80. The highest BCUT2D eigenvalue weighted by molar-refractivity contribution is 5.77. The van der Waals surface area contributed by atoms with E-state index in [0.717, 1.165) is 19.3 Å². The Bertz CT molecular complexity index is 399. The van der Waals surface area contributed by atoms with Crippen molar-refractivity contribution < 1.29 is 19.8 Å². The molecule has 0 spiro atoms. The van der Waals surface area contributed by atoms with E-state index in [2.05, 4.69) is 11.9 Å². The first-order valence-electron chi connectivity index (χ1n) is 7.08. The number of amides is 2. The minimum atomic E-state index is -0.820. The monoisotopic (exact) mass is 282 g/mol. The smallest absolute Gasteiger partial charge is 0.318 e. The van der Waals surface area contributed by atoms with Crippen molar-refractivity contribution in [3.63, 3.8) is 0 Å². The molecule has 0 saturated heterocycles. The topological polar surface area (TPSA) is 89.9 Å². The third-order valence-corrected chi connectivity index (χ3v) is 4.50. The minimum absolute atomic E-state index is 0.125. The Balaban J connectivity index is 2.02. The summed E-state index contributed by atoms with van der Waals surface area (Å²) in [6.07, 6.45) is 4.41. The van der Waals surface area contributed by atoms with Gasteiger partial charge in [-0.05, 0) is 31.1 Å². The maximum atomic E-state index is 12.2. The maximum absolute atomic E-state index is 12.2. The standard InChI is InChI=1S/C14H22N2O4/c1-2-5-16(6-7-17)14(20)15-12-10-4-3-9(8-10)11(12)13(18)19/h2,9-12,17H,1,3-8H2,(H,15,20)(H,18,19). The number of carboxylic acid groups (broad SMARTS) is 1. The third-order valence-electron chi connectivity index (χ3n) is 4.50. The van der Waals surface area contributed by atoms with Gasteiger partial charge in [0.2, 0.25) is 0 Å². The summed E-state index contributed by atoms with van der Waals surface area (Å²) in [5.74, 6) is -0.837. The molecule has 20 heavy (non-hydrogen) atoms. The van der Waals surface area contributed by atoms with E-state index in [-0.39, 0.29) is 37.1 Å². The van der Waals surface area contributed by atoms with Gasteiger partial charge in [-0.15, -0.1) is 6.58 Å². The van der Waals surface area contributed by atoms with Gasteiger partial charge < -0.3 is 20.4 Å². The molecule has 2 amide bonds. The van der Waals surface area contributed by atoms with E-state index in [1.165, 1.54) is 4.90 Å². The summed E-state index contributed by atoms with van der Waals surface area (Å²) < 4.78 is 0. The van der Waals surface area contributed by atoms with Gasteiger partial charge in [-0.25, -0.2) is 4.79 Å². The zero-order valence-corrected chi connectivity index (χ0v) is 11.5. The van der Waals surface area contributed by atoms with Crippen molar-refractivity contribution in [3.8, 4) is 0 Å². The zero-order chi connectivity index (χ0) is 14.7. The van der Waals surface area contributed by atoms with Crippen LogP contribution in [-0.4, -0.2) is 52.9 Å². The summed E-state index contributed by atoms with van der Waals surface area (Å²) in [4.78, 5) is 25.0. The average molecular weight is 282 g/mol. The van der Waals surface area contributed by atoms with Crippen molar-refractivity contribution in [2.24, 2.45) is 17.8 Å². The van der Waals surface area contributed by atoms with E-state index in [1.54, 1.807) is 6.08 Å². The van der Waals surface area contributed by atoms with Crippen molar-refractivity contribution in [2.45, 2.75) is 25.3 Å². The number of nitrogens with one attached hydrogen (secondary N) is 1. The summed E-state index contributed by atoms with van der Waals surface area (Å²) in [6, 6.07) is -0.604. The molecule has 2 aliphatic carbocycles. The first-order chi connectivity index (χ1) is 9.58. The summed E-state index contributed by atoms with van der Waals surface area (Å²) in [5.41, 5.74) is 0. The lowest BCUT2D eigenvalue weighted by atomic mass is 9.84. The van der Waals surface area contributed by atoms with Crippen LogP contribution in [0.5, 0.6) is 0 Å². The summed E-state index contributed by atoms with van der Waals surface area (Å²) in [7, 11) is 0. The lowest BCUT2D eigenvalue weighted by Gasteiger charge is -2.31. The molecule has 0 radical (unpaired) electrons. The first kappa shape index (κ1) is 14.8. The molecule has 0 heterocycles. The molecule has 0 aromatic rings. The van der Waals surface area contributed by atoms with Gasteiger partial charge in [0.1, 0.15) is 0 Å². The van der Waals surface area contributed by atoms with Crippen LogP contribution >= 0.6 is 0 Å². The van der Waals surface area contributed by atoms with Gasteiger partial charge in [0.05, 0.1) is 12.5 Å². The van der Waals surface area contributed by atoms with Gasteiger partial charge >= 0.3 is 12.0 Å². The van der Waals surface area contributed by atoms with Crippen LogP contribution in [0.3, 0.4) is 0 Å². The fraction of sp³-hybridized carbons (Fsp3) is 0.714. The van der Waals surface area contributed by atoms with Crippen LogP contribution in [0.2, 0.25) is 0 Å².